The summed E-state index contributed by atoms with van der Waals surface area (Å²) in [5, 5.41) is 2.69. The molecule has 0 fully saturated rings. The van der Waals surface area contributed by atoms with E-state index in [0.717, 1.165) is 5.56 Å². The fourth-order valence-electron chi connectivity index (χ4n) is 2.51. The lowest BCUT2D eigenvalue weighted by Crippen LogP contribution is -2.31. The molecule has 1 atom stereocenters. The molecule has 134 valence electrons. The number of ether oxygens (including phenoxy) is 3. The Hall–Kier alpha value is -3.28. The number of benzene rings is 2. The van der Waals surface area contributed by atoms with Crippen molar-refractivity contribution in [2.75, 3.05) is 19.0 Å². The average Bonchev–Trinajstić information content (AvgIpc) is 2.67. The summed E-state index contributed by atoms with van der Waals surface area (Å²) in [4.78, 5) is 24.6. The van der Waals surface area contributed by atoms with Crippen LogP contribution in [0.3, 0.4) is 0 Å². The Bertz CT molecular complexity index is 859. The Balaban J connectivity index is 1.64. The SMILES string of the molecule is COc1ccccc1NC(=O)[C@@H](C)OC(=O)C1=Cc2ccccc2OC1. The molecule has 1 N–H and O–H groups in total. The molecular formula is C20H19NO5. The van der Waals surface area contributed by atoms with Gasteiger partial charge in [-0.15, -0.1) is 0 Å². The van der Waals surface area contributed by atoms with Crippen molar-refractivity contribution < 1.29 is 23.8 Å². The Kier molecular flexibility index (Phi) is 5.22. The minimum atomic E-state index is -0.967. The molecule has 6 heteroatoms. The normalized spacial score (nSPS) is 13.5. The summed E-state index contributed by atoms with van der Waals surface area (Å²) in [5.74, 6) is 0.216. The number of amides is 1. The van der Waals surface area contributed by atoms with Crippen LogP contribution in [0.5, 0.6) is 11.5 Å². The number of carbonyl (C=O) groups excluding carboxylic acids is 2. The molecule has 0 saturated carbocycles. The highest BCUT2D eigenvalue weighted by atomic mass is 16.6. The van der Waals surface area contributed by atoms with Crippen molar-refractivity contribution in [3.8, 4) is 11.5 Å². The van der Waals surface area contributed by atoms with Crippen molar-refractivity contribution in [2.45, 2.75) is 13.0 Å². The molecule has 2 aromatic carbocycles. The molecular weight excluding hydrogens is 334 g/mol. The molecule has 1 aliphatic heterocycles. The van der Waals surface area contributed by atoms with Crippen molar-refractivity contribution in [1.82, 2.24) is 0 Å². The van der Waals surface area contributed by atoms with E-state index >= 15 is 0 Å². The minimum absolute atomic E-state index is 0.108. The summed E-state index contributed by atoms with van der Waals surface area (Å²) in [6.45, 7) is 1.62. The van der Waals surface area contributed by atoms with Gasteiger partial charge in [-0.3, -0.25) is 4.79 Å². The lowest BCUT2D eigenvalue weighted by molar-refractivity contribution is -0.149. The molecule has 0 unspecified atom stereocenters. The summed E-state index contributed by atoms with van der Waals surface area (Å²) in [6, 6.07) is 14.4. The number of fused-ring (bicyclic) bond motifs is 1. The number of hydrogen-bond acceptors (Lipinski definition) is 5. The second-order valence-corrected chi connectivity index (χ2v) is 5.73. The molecule has 2 aromatic rings. The van der Waals surface area contributed by atoms with E-state index in [1.807, 2.05) is 24.3 Å². The highest BCUT2D eigenvalue weighted by Crippen LogP contribution is 2.26. The van der Waals surface area contributed by atoms with Gasteiger partial charge in [0, 0.05) is 5.56 Å². The zero-order valence-electron chi connectivity index (χ0n) is 14.5. The van der Waals surface area contributed by atoms with E-state index < -0.39 is 18.0 Å². The summed E-state index contributed by atoms with van der Waals surface area (Å²) < 4.78 is 16.0. The van der Waals surface area contributed by atoms with Gasteiger partial charge in [-0.25, -0.2) is 4.79 Å². The van der Waals surface area contributed by atoms with Crippen LogP contribution in [0.15, 0.2) is 54.1 Å². The van der Waals surface area contributed by atoms with Gasteiger partial charge in [0.25, 0.3) is 5.91 Å². The van der Waals surface area contributed by atoms with Crippen LogP contribution >= 0.6 is 0 Å². The van der Waals surface area contributed by atoms with E-state index in [1.54, 1.807) is 30.3 Å². The molecule has 0 radical (unpaired) electrons. The third-order valence-corrected chi connectivity index (χ3v) is 3.91. The molecule has 6 nitrogen and oxygen atoms in total. The van der Waals surface area contributed by atoms with Crippen molar-refractivity contribution >= 4 is 23.6 Å². The summed E-state index contributed by atoms with van der Waals surface area (Å²) in [7, 11) is 1.52. The Morgan fingerprint density at radius 1 is 1.12 bits per heavy atom. The van der Waals surface area contributed by atoms with Crippen molar-refractivity contribution in [3.63, 3.8) is 0 Å². The van der Waals surface area contributed by atoms with Crippen LogP contribution in [0.2, 0.25) is 0 Å². The average molecular weight is 353 g/mol. The van der Waals surface area contributed by atoms with Crippen LogP contribution in [0.25, 0.3) is 6.08 Å². The van der Waals surface area contributed by atoms with E-state index in [0.29, 0.717) is 22.8 Å². The third kappa shape index (κ3) is 3.85. The summed E-state index contributed by atoms with van der Waals surface area (Å²) in [5.41, 5.74) is 1.68. The van der Waals surface area contributed by atoms with E-state index in [9.17, 15) is 9.59 Å². The van der Waals surface area contributed by atoms with E-state index in [4.69, 9.17) is 14.2 Å². The van der Waals surface area contributed by atoms with Gasteiger partial charge < -0.3 is 19.5 Å². The van der Waals surface area contributed by atoms with Gasteiger partial charge in [-0.05, 0) is 31.2 Å². The molecule has 0 spiro atoms. The van der Waals surface area contributed by atoms with Crippen molar-refractivity contribution in [2.24, 2.45) is 0 Å². The van der Waals surface area contributed by atoms with Gasteiger partial charge in [-0.1, -0.05) is 30.3 Å². The Morgan fingerprint density at radius 3 is 2.65 bits per heavy atom. The quantitative estimate of drug-likeness (QED) is 0.837. The highest BCUT2D eigenvalue weighted by molar-refractivity contribution is 6.00. The third-order valence-electron chi connectivity index (χ3n) is 3.91. The first-order chi connectivity index (χ1) is 12.6. The van der Waals surface area contributed by atoms with Crippen LogP contribution < -0.4 is 14.8 Å². The number of nitrogens with one attached hydrogen (secondary N) is 1. The standard InChI is InChI=1S/C20H19NO5/c1-13(19(22)21-16-8-4-6-10-18(16)24-2)26-20(23)15-11-14-7-3-5-9-17(14)25-12-15/h3-11,13H,12H2,1-2H3,(H,21,22)/t13-/m1/s1. The van der Waals surface area contributed by atoms with Crippen LogP contribution in [-0.4, -0.2) is 31.7 Å². The smallest absolute Gasteiger partial charge is 0.338 e. The molecule has 1 aliphatic rings. The first-order valence-corrected chi connectivity index (χ1v) is 8.15. The number of hydrogen-bond donors (Lipinski definition) is 1. The number of anilines is 1. The maximum absolute atomic E-state index is 12.3. The monoisotopic (exact) mass is 353 g/mol. The highest BCUT2D eigenvalue weighted by Gasteiger charge is 2.23. The van der Waals surface area contributed by atoms with Crippen molar-refractivity contribution in [3.05, 3.63) is 59.7 Å². The Labute approximate surface area is 151 Å². The zero-order valence-corrected chi connectivity index (χ0v) is 14.5. The van der Waals surface area contributed by atoms with Gasteiger partial charge in [-0.2, -0.15) is 0 Å². The van der Waals surface area contributed by atoms with E-state index in [-0.39, 0.29) is 6.61 Å². The number of para-hydroxylation sites is 3. The fourth-order valence-corrected chi connectivity index (χ4v) is 2.51. The molecule has 0 aromatic heterocycles. The molecule has 0 saturated heterocycles. The molecule has 1 amide bonds. The first kappa shape index (κ1) is 17.5. The lowest BCUT2D eigenvalue weighted by atomic mass is 10.1. The van der Waals surface area contributed by atoms with Gasteiger partial charge in [0.2, 0.25) is 0 Å². The Morgan fingerprint density at radius 2 is 1.85 bits per heavy atom. The van der Waals surface area contributed by atoms with Crippen LogP contribution in [-0.2, 0) is 14.3 Å². The number of esters is 1. The fraction of sp³-hybridized carbons (Fsp3) is 0.200. The molecule has 26 heavy (non-hydrogen) atoms. The minimum Gasteiger partial charge on any atom is -0.495 e. The van der Waals surface area contributed by atoms with Gasteiger partial charge in [0.15, 0.2) is 6.10 Å². The zero-order chi connectivity index (χ0) is 18.5. The van der Waals surface area contributed by atoms with Crippen LogP contribution in [0, 0.1) is 0 Å². The first-order valence-electron chi connectivity index (χ1n) is 8.15. The van der Waals surface area contributed by atoms with E-state index in [1.165, 1.54) is 14.0 Å². The van der Waals surface area contributed by atoms with Gasteiger partial charge in [0.1, 0.15) is 18.1 Å². The summed E-state index contributed by atoms with van der Waals surface area (Å²) in [6.07, 6.45) is 0.747. The molecule has 3 rings (SSSR count). The topological polar surface area (TPSA) is 73.9 Å². The van der Waals surface area contributed by atoms with Crippen molar-refractivity contribution in [1.29, 1.82) is 0 Å². The van der Waals surface area contributed by atoms with E-state index in [2.05, 4.69) is 5.32 Å². The van der Waals surface area contributed by atoms with Crippen LogP contribution in [0.1, 0.15) is 12.5 Å². The number of methoxy groups -OCH3 is 1. The predicted molar refractivity (Wildman–Crippen MR) is 97.1 cm³/mol. The molecule has 0 aliphatic carbocycles. The predicted octanol–water partition coefficient (Wildman–Crippen LogP) is 3.04. The second kappa shape index (κ2) is 7.74. The number of carbonyl (C=O) groups is 2. The maximum Gasteiger partial charge on any atom is 0.338 e. The van der Waals surface area contributed by atoms with Gasteiger partial charge >= 0.3 is 5.97 Å². The summed E-state index contributed by atoms with van der Waals surface area (Å²) >= 11 is 0. The second-order valence-electron chi connectivity index (χ2n) is 5.73. The lowest BCUT2D eigenvalue weighted by Gasteiger charge is -2.19. The number of rotatable bonds is 5. The van der Waals surface area contributed by atoms with Crippen LogP contribution in [0.4, 0.5) is 5.69 Å². The molecule has 1 heterocycles. The van der Waals surface area contributed by atoms with Gasteiger partial charge in [0.05, 0.1) is 18.4 Å². The largest absolute Gasteiger partial charge is 0.495 e. The molecule has 0 bridgehead atoms. The maximum atomic E-state index is 12.3.